The summed E-state index contributed by atoms with van der Waals surface area (Å²) in [4.78, 5) is 31.1. The zero-order valence-electron chi connectivity index (χ0n) is 54.9. The maximum absolute atomic E-state index is 5.22. The van der Waals surface area contributed by atoms with Gasteiger partial charge in [-0.05, 0) is 112 Å². The van der Waals surface area contributed by atoms with Gasteiger partial charge in [-0.1, -0.05) is 200 Å². The summed E-state index contributed by atoms with van der Waals surface area (Å²) in [6, 6.07) is 102. The first-order chi connectivity index (χ1) is 51.5. The first-order valence-corrected chi connectivity index (χ1v) is 37.4. The second-order valence-electron chi connectivity index (χ2n) is 27.5. The van der Waals surface area contributed by atoms with E-state index in [1.54, 1.807) is 0 Å². The molecule has 0 saturated carbocycles. The normalized spacial score (nSPS) is 12.6. The van der Waals surface area contributed by atoms with Gasteiger partial charge in [0.15, 0.2) is 16.9 Å². The van der Waals surface area contributed by atoms with Gasteiger partial charge in [0.2, 0.25) is 0 Å². The molecule has 12 aromatic heterocycles. The van der Waals surface area contributed by atoms with Crippen LogP contribution in [0.2, 0.25) is 0 Å². The van der Waals surface area contributed by atoms with Gasteiger partial charge in [0.05, 0.1) is 70.9 Å². The van der Waals surface area contributed by atoms with Crippen molar-refractivity contribution in [3.05, 3.63) is 285 Å². The molecule has 0 bridgehead atoms. The van der Waals surface area contributed by atoms with Gasteiger partial charge in [-0.25, -0.2) is 29.9 Å². The van der Waals surface area contributed by atoms with Crippen LogP contribution in [0.25, 0.3) is 241 Å². The van der Waals surface area contributed by atoms with Crippen molar-refractivity contribution in [1.82, 2.24) is 43.1 Å². The molecule has 478 valence electrons. The molecule has 9 nitrogen and oxygen atoms in total. The lowest BCUT2D eigenvalue weighted by Gasteiger charge is -2.04. The molecule has 0 aliphatic carbocycles. The predicted octanol–water partition coefficient (Wildman–Crippen LogP) is 25.4. The number of thiophene rings is 3. The van der Waals surface area contributed by atoms with Crippen LogP contribution < -0.4 is 0 Å². The molecule has 0 spiro atoms. The van der Waals surface area contributed by atoms with Gasteiger partial charge in [0.25, 0.3) is 0 Å². The molecule has 0 radical (unpaired) electrons. The summed E-state index contributed by atoms with van der Waals surface area (Å²) in [5, 5.41) is 23.8. The Morgan fingerprint density at radius 3 is 1.54 bits per heavy atom. The molecule has 27 aromatic rings. The van der Waals surface area contributed by atoms with E-state index in [0.717, 1.165) is 77.4 Å². The molecule has 0 fully saturated rings. The maximum Gasteiger partial charge on any atom is 0.165 e. The Labute approximate surface area is 599 Å². The van der Waals surface area contributed by atoms with Crippen molar-refractivity contribution in [2.45, 2.75) is 0 Å². The molecular weight excluding hydrogens is 1330 g/mol. The molecule has 0 aliphatic heterocycles. The minimum Gasteiger partial charge on any atom is -0.291 e. The van der Waals surface area contributed by atoms with Gasteiger partial charge in [-0.15, -0.1) is 34.0 Å². The van der Waals surface area contributed by atoms with Crippen LogP contribution >= 0.6 is 34.0 Å². The van der Waals surface area contributed by atoms with Gasteiger partial charge < -0.3 is 0 Å². The second-order valence-corrected chi connectivity index (χ2v) is 30.8. The zero-order valence-corrected chi connectivity index (χ0v) is 57.3. The van der Waals surface area contributed by atoms with Crippen LogP contribution in [0, 0.1) is 0 Å². The van der Waals surface area contributed by atoms with E-state index in [-0.39, 0.29) is 0 Å². The highest BCUT2D eigenvalue weighted by Crippen LogP contribution is 2.50. The van der Waals surface area contributed by atoms with Crippen molar-refractivity contribution >= 4 is 264 Å². The van der Waals surface area contributed by atoms with E-state index in [1.807, 2.05) is 46.1 Å². The summed E-state index contributed by atoms with van der Waals surface area (Å²) >= 11 is 5.60. The minimum absolute atomic E-state index is 0.922. The summed E-state index contributed by atoms with van der Waals surface area (Å²) in [6.45, 7) is 0. The fourth-order valence-electron chi connectivity index (χ4n) is 17.6. The average Bonchev–Trinajstić information content (AvgIpc) is 1.54. The highest BCUT2D eigenvalue weighted by atomic mass is 32.1. The van der Waals surface area contributed by atoms with E-state index in [9.17, 15) is 0 Å². The molecule has 15 aromatic carbocycles. The third-order valence-corrected chi connectivity index (χ3v) is 25.5. The number of benzene rings is 15. The monoisotopic (exact) mass is 1370 g/mol. The number of hydrogen-bond acceptors (Lipinski definition) is 9. The van der Waals surface area contributed by atoms with Crippen molar-refractivity contribution in [2.24, 2.45) is 0 Å². The Morgan fingerprint density at radius 2 is 0.740 bits per heavy atom. The molecule has 104 heavy (non-hydrogen) atoms. The Balaban J connectivity index is 0.0000000909. The van der Waals surface area contributed by atoms with E-state index in [1.165, 1.54) is 164 Å². The highest BCUT2D eigenvalue weighted by Gasteiger charge is 2.27. The molecule has 0 atom stereocenters. The topological polar surface area (TPSA) is 90.6 Å². The smallest absolute Gasteiger partial charge is 0.165 e. The lowest BCUT2D eigenvalue weighted by atomic mass is 10.00. The summed E-state index contributed by atoms with van der Waals surface area (Å²) in [6.07, 6.45) is 0. The standard InChI is InChI=1S/C32H17N3S.2C30H15N3S/c1-2-8-18(9-3-1)19-16-23-21-14-15-22-20-10-4-7-13-27(20)36-31(22)30(21)35-29(23)24(17-19)28-32(35)34-26-12-6-5-11-25(26)33-28;1-2-7-17-13-24-23(12-16(17)6-1)31-28-20-10-5-9-19-21-14-22-18-8-3-4-11-26(18)34-27(22)15-25(21)33(29(19)20)30(28)32-24;1-2-7-17-16(6-1)12-13-21-27(17)32-28-20-10-5-9-19-25-22(33(29(19)20)30(28)31-21)14-15-24-26(25)18-8-3-4-11-23(18)34-24/h1-17H;2*1-15H. The number of aromatic nitrogens is 9. The Hall–Kier alpha value is -13.1. The lowest BCUT2D eigenvalue weighted by molar-refractivity contribution is 1.28. The van der Waals surface area contributed by atoms with Gasteiger partial charge in [-0.3, -0.25) is 13.2 Å². The molecule has 0 amide bonds. The van der Waals surface area contributed by atoms with Gasteiger partial charge in [-0.2, -0.15) is 0 Å². The van der Waals surface area contributed by atoms with Gasteiger partial charge in [0, 0.05) is 110 Å². The van der Waals surface area contributed by atoms with Crippen LogP contribution in [-0.4, -0.2) is 43.1 Å². The molecule has 0 unspecified atom stereocenters. The van der Waals surface area contributed by atoms with Crippen molar-refractivity contribution in [3.63, 3.8) is 0 Å². The van der Waals surface area contributed by atoms with Crippen LogP contribution in [0.4, 0.5) is 0 Å². The average molecular weight is 1370 g/mol. The molecule has 27 rings (SSSR count). The third kappa shape index (κ3) is 7.44. The van der Waals surface area contributed by atoms with Crippen molar-refractivity contribution in [2.75, 3.05) is 0 Å². The molecule has 0 N–H and O–H groups in total. The largest absolute Gasteiger partial charge is 0.291 e. The molecule has 0 saturated heterocycles. The van der Waals surface area contributed by atoms with Crippen molar-refractivity contribution < 1.29 is 0 Å². The van der Waals surface area contributed by atoms with E-state index in [4.69, 9.17) is 29.9 Å². The molecule has 12 heterocycles. The van der Waals surface area contributed by atoms with E-state index < -0.39 is 0 Å². The van der Waals surface area contributed by atoms with E-state index in [0.29, 0.717) is 0 Å². The predicted molar refractivity (Wildman–Crippen MR) is 442 cm³/mol. The van der Waals surface area contributed by atoms with Crippen LogP contribution in [0.5, 0.6) is 0 Å². The van der Waals surface area contributed by atoms with Crippen molar-refractivity contribution in [1.29, 1.82) is 0 Å². The first kappa shape index (κ1) is 55.6. The van der Waals surface area contributed by atoms with E-state index in [2.05, 4.69) is 286 Å². The summed E-state index contributed by atoms with van der Waals surface area (Å²) in [5.74, 6) is 0. The SMILES string of the molecule is c1ccc(-c2cc3c4ccc5c6ccccc6sc5c4n4c5nc6ccccc6nc5c(c2)c34)cc1.c1ccc2c(c1)ccc1nc3c(nc12)c1cccc2c4c5c(ccc4n3c12)sc1ccccc15.c1ccc2cc3nc4c(nc3cc2c1)c1cccc2c3cc5c(cc3n4c21)sc1ccccc15. The van der Waals surface area contributed by atoms with Gasteiger partial charge in [0.1, 0.15) is 16.6 Å². The van der Waals surface area contributed by atoms with Crippen LogP contribution in [0.15, 0.2) is 285 Å². The minimum atomic E-state index is 0.922. The summed E-state index contributed by atoms with van der Waals surface area (Å²) in [5.41, 5.74) is 21.0. The zero-order chi connectivity index (χ0) is 67.3. The number of fused-ring (bicyclic) bond motifs is 35. The summed E-state index contributed by atoms with van der Waals surface area (Å²) < 4.78 is 15.0. The van der Waals surface area contributed by atoms with E-state index >= 15 is 0 Å². The second kappa shape index (κ2) is 20.3. The Morgan fingerprint density at radius 1 is 0.212 bits per heavy atom. The third-order valence-electron chi connectivity index (χ3n) is 22.1. The lowest BCUT2D eigenvalue weighted by Crippen LogP contribution is -1.90. The Bertz CT molecular complexity index is 8450. The van der Waals surface area contributed by atoms with Crippen LogP contribution in [-0.2, 0) is 0 Å². The number of para-hydroxylation sites is 4. The first-order valence-electron chi connectivity index (χ1n) is 35.0. The molecular formula is C92H47N9S3. The molecule has 0 aliphatic rings. The van der Waals surface area contributed by atoms with Crippen LogP contribution in [0.1, 0.15) is 0 Å². The quantitative estimate of drug-likeness (QED) is 0.120. The number of hydrogen-bond donors (Lipinski definition) is 0. The fraction of sp³-hybridized carbons (Fsp3) is 0. The van der Waals surface area contributed by atoms with Crippen LogP contribution in [0.3, 0.4) is 0 Å². The van der Waals surface area contributed by atoms with Crippen molar-refractivity contribution in [3.8, 4) is 11.1 Å². The Kier molecular flexibility index (Phi) is 10.9. The maximum atomic E-state index is 5.22. The molecule has 12 heteroatoms. The number of rotatable bonds is 1. The highest BCUT2D eigenvalue weighted by molar-refractivity contribution is 7.27. The van der Waals surface area contributed by atoms with Gasteiger partial charge >= 0.3 is 0 Å². The number of nitrogens with zero attached hydrogens (tertiary/aromatic N) is 9. The fourth-order valence-corrected chi connectivity index (χ4v) is 21.1. The summed E-state index contributed by atoms with van der Waals surface area (Å²) in [7, 11) is 0.